The summed E-state index contributed by atoms with van der Waals surface area (Å²) < 4.78 is 6.53. The van der Waals surface area contributed by atoms with E-state index in [1.54, 1.807) is 24.8 Å². The molecule has 3 aliphatic rings. The number of aliphatic hydroxyl groups is 1. The molecule has 2 bridgehead atoms. The molecule has 0 aliphatic carbocycles. The number of hydrogen-bond acceptors (Lipinski definition) is 5. The molecule has 7 atom stereocenters. The minimum Gasteiger partial charge on any atom is -0.481 e. The maximum Gasteiger partial charge on any atom is 0.310 e. The Balaban J connectivity index is 2.17. The Morgan fingerprint density at radius 3 is 2.38 bits per heavy atom. The average molecular weight is 479 g/mol. The van der Waals surface area contributed by atoms with Crippen molar-refractivity contribution in [3.63, 3.8) is 0 Å². The van der Waals surface area contributed by atoms with Crippen LogP contribution in [0.3, 0.4) is 0 Å². The molecule has 0 saturated carbocycles. The number of rotatable bonds is 8. The molecule has 3 aliphatic heterocycles. The molecule has 34 heavy (non-hydrogen) atoms. The van der Waals surface area contributed by atoms with Crippen molar-refractivity contribution in [2.75, 3.05) is 13.2 Å². The summed E-state index contributed by atoms with van der Waals surface area (Å²) in [6, 6.07) is -1.67. The summed E-state index contributed by atoms with van der Waals surface area (Å²) in [5.41, 5.74) is -2.91. The number of likely N-dealkylation sites (tertiary alicyclic amines) is 1. The molecule has 2 N–H and O–H groups in total. The van der Waals surface area contributed by atoms with Crippen LogP contribution in [0.1, 0.15) is 68.2 Å². The second-order valence-corrected chi connectivity index (χ2v) is 12.6. The smallest absolute Gasteiger partial charge is 0.310 e. The summed E-state index contributed by atoms with van der Waals surface area (Å²) in [7, 11) is 0. The third-order valence-electron chi connectivity index (χ3n) is 8.26. The molecule has 3 fully saturated rings. The predicted molar refractivity (Wildman–Crippen MR) is 128 cm³/mol. The summed E-state index contributed by atoms with van der Waals surface area (Å²) in [6.07, 6.45) is 2.79. The summed E-state index contributed by atoms with van der Waals surface area (Å²) >= 11 is 0. The highest BCUT2D eigenvalue weighted by Crippen LogP contribution is 2.65. The molecule has 0 radical (unpaired) electrons. The summed E-state index contributed by atoms with van der Waals surface area (Å²) in [4.78, 5) is 43.8. The van der Waals surface area contributed by atoms with Crippen molar-refractivity contribution < 1.29 is 29.3 Å². The fraction of sp³-hybridized carbons (Fsp3) is 0.808. The van der Waals surface area contributed by atoms with Crippen molar-refractivity contribution in [2.45, 2.75) is 97.1 Å². The number of aliphatic hydroxyl groups excluding tert-OH is 1. The second kappa shape index (κ2) is 8.33. The first-order chi connectivity index (χ1) is 15.5. The van der Waals surface area contributed by atoms with E-state index in [0.29, 0.717) is 12.8 Å². The van der Waals surface area contributed by atoms with Crippen LogP contribution >= 0.6 is 0 Å². The monoisotopic (exact) mass is 478 g/mol. The Morgan fingerprint density at radius 2 is 1.91 bits per heavy atom. The van der Waals surface area contributed by atoms with Crippen LogP contribution < -0.4 is 0 Å². The largest absolute Gasteiger partial charge is 0.481 e. The van der Waals surface area contributed by atoms with Gasteiger partial charge in [0.15, 0.2) is 0 Å². The van der Waals surface area contributed by atoms with Crippen molar-refractivity contribution >= 4 is 17.8 Å². The molecule has 192 valence electrons. The number of carboxylic acids is 1. The van der Waals surface area contributed by atoms with Gasteiger partial charge in [-0.3, -0.25) is 14.4 Å². The Labute approximate surface area is 203 Å². The van der Waals surface area contributed by atoms with Crippen LogP contribution in [0.15, 0.2) is 12.7 Å². The third kappa shape index (κ3) is 3.77. The van der Waals surface area contributed by atoms with Gasteiger partial charge in [-0.25, -0.2) is 0 Å². The van der Waals surface area contributed by atoms with Crippen molar-refractivity contribution in [3.05, 3.63) is 12.7 Å². The molecule has 8 heteroatoms. The lowest BCUT2D eigenvalue weighted by molar-refractivity contribution is -0.162. The highest BCUT2D eigenvalue weighted by molar-refractivity contribution is 5.98. The second-order valence-electron chi connectivity index (χ2n) is 12.6. The first-order valence-corrected chi connectivity index (χ1v) is 12.3. The maximum absolute atomic E-state index is 14.4. The molecule has 1 spiro atoms. The molecule has 2 amide bonds. The Hall–Kier alpha value is -1.93. The number of nitrogens with zero attached hydrogens (tertiary/aromatic N) is 2. The molecule has 3 heterocycles. The minimum absolute atomic E-state index is 0.0632. The SMILES string of the molecule is C=CCN(C(=O)C1N([C@H](C)CO)C(=O)[C@@H]2[C@H](C(=O)O)[C@@]3(C)OC12CC3C)C(C)(C)CC(C)(C)C. The van der Waals surface area contributed by atoms with E-state index in [-0.39, 0.29) is 30.4 Å². The summed E-state index contributed by atoms with van der Waals surface area (Å²) in [5.74, 6) is -3.96. The standard InChI is InChI=1S/C26H42N2O6/c1-10-11-27(24(7,8)14-23(4,5)6)21(31)19-26-12-15(2)25(9,34-26)18(22(32)33)17(26)20(30)28(19)16(3)13-29/h10,15-19,29H,1,11-14H2,2-9H3,(H,32,33)/t15?,16-,17+,18-,19?,25+,26?/m1/s1. The Morgan fingerprint density at radius 1 is 1.32 bits per heavy atom. The van der Waals surface area contributed by atoms with Crippen LogP contribution in [0, 0.1) is 23.2 Å². The molecule has 0 aromatic carbocycles. The van der Waals surface area contributed by atoms with Gasteiger partial charge in [0.1, 0.15) is 17.6 Å². The van der Waals surface area contributed by atoms with E-state index in [1.165, 1.54) is 4.90 Å². The van der Waals surface area contributed by atoms with E-state index in [9.17, 15) is 24.6 Å². The van der Waals surface area contributed by atoms with E-state index in [4.69, 9.17) is 4.74 Å². The predicted octanol–water partition coefficient (Wildman–Crippen LogP) is 2.69. The van der Waals surface area contributed by atoms with E-state index in [1.807, 2.05) is 20.8 Å². The summed E-state index contributed by atoms with van der Waals surface area (Å²) in [5, 5.41) is 20.1. The number of carbonyl (C=O) groups is 3. The zero-order chi connectivity index (χ0) is 26.0. The molecule has 3 unspecified atom stereocenters. The van der Waals surface area contributed by atoms with Crippen molar-refractivity contribution in [1.82, 2.24) is 9.80 Å². The quantitative estimate of drug-likeness (QED) is 0.520. The number of hydrogen-bond donors (Lipinski definition) is 2. The van der Waals surface area contributed by atoms with Gasteiger partial charge in [0.05, 0.1) is 24.2 Å². The highest BCUT2D eigenvalue weighted by Gasteiger charge is 2.80. The molecule has 3 saturated heterocycles. The van der Waals surface area contributed by atoms with Crippen molar-refractivity contribution in [2.24, 2.45) is 23.2 Å². The summed E-state index contributed by atoms with van der Waals surface area (Å²) in [6.45, 7) is 19.5. The lowest BCUT2D eigenvalue weighted by Gasteiger charge is -2.46. The molecular weight excluding hydrogens is 436 g/mol. The zero-order valence-electron chi connectivity index (χ0n) is 21.9. The number of aliphatic carboxylic acids is 1. The lowest BCUT2D eigenvalue weighted by Crippen LogP contribution is -2.62. The van der Waals surface area contributed by atoms with Crippen LogP contribution in [0.4, 0.5) is 0 Å². The zero-order valence-corrected chi connectivity index (χ0v) is 21.9. The van der Waals surface area contributed by atoms with Crippen molar-refractivity contribution in [3.8, 4) is 0 Å². The molecule has 8 nitrogen and oxygen atoms in total. The third-order valence-corrected chi connectivity index (χ3v) is 8.26. The van der Waals surface area contributed by atoms with Gasteiger partial charge in [0, 0.05) is 12.1 Å². The molecule has 0 aromatic heterocycles. The van der Waals surface area contributed by atoms with Crippen molar-refractivity contribution in [1.29, 1.82) is 0 Å². The number of carboxylic acid groups (broad SMARTS) is 1. The molecule has 0 aromatic rings. The normalized spacial score (nSPS) is 35.9. The van der Waals surface area contributed by atoms with E-state index in [2.05, 4.69) is 27.4 Å². The van der Waals surface area contributed by atoms with E-state index in [0.717, 1.165) is 0 Å². The van der Waals surface area contributed by atoms with Gasteiger partial charge in [-0.1, -0.05) is 33.8 Å². The average Bonchev–Trinajstić information content (AvgIpc) is 3.20. The number of amides is 2. The Kier molecular flexibility index (Phi) is 6.54. The lowest BCUT2D eigenvalue weighted by atomic mass is 9.62. The maximum atomic E-state index is 14.4. The van der Waals surface area contributed by atoms with E-state index >= 15 is 0 Å². The Bertz CT molecular complexity index is 879. The molecule has 3 rings (SSSR count). The number of ether oxygens (including phenoxy) is 1. The van der Waals surface area contributed by atoms with Gasteiger partial charge in [0.25, 0.3) is 0 Å². The van der Waals surface area contributed by atoms with Gasteiger partial charge < -0.3 is 24.7 Å². The van der Waals surface area contributed by atoms with E-state index < -0.39 is 52.5 Å². The fourth-order valence-electron chi connectivity index (χ4n) is 7.20. The van der Waals surface area contributed by atoms with Crippen LogP contribution in [-0.2, 0) is 19.1 Å². The topological polar surface area (TPSA) is 107 Å². The van der Waals surface area contributed by atoms with Crippen LogP contribution in [0.25, 0.3) is 0 Å². The number of fused-ring (bicyclic) bond motifs is 1. The first kappa shape index (κ1) is 26.7. The fourth-order valence-corrected chi connectivity index (χ4v) is 7.20. The van der Waals surface area contributed by atoms with Gasteiger partial charge >= 0.3 is 5.97 Å². The minimum atomic E-state index is -1.24. The van der Waals surface area contributed by atoms with Gasteiger partial charge in [-0.05, 0) is 51.9 Å². The first-order valence-electron chi connectivity index (χ1n) is 12.3. The van der Waals surface area contributed by atoms with Crippen LogP contribution in [-0.4, -0.2) is 79.8 Å². The van der Waals surface area contributed by atoms with Crippen LogP contribution in [0.2, 0.25) is 0 Å². The van der Waals surface area contributed by atoms with Gasteiger partial charge in [-0.15, -0.1) is 6.58 Å². The molecular formula is C26H42N2O6. The van der Waals surface area contributed by atoms with Gasteiger partial charge in [0.2, 0.25) is 11.8 Å². The highest BCUT2D eigenvalue weighted by atomic mass is 16.5. The number of carbonyl (C=O) groups excluding carboxylic acids is 2. The van der Waals surface area contributed by atoms with Crippen LogP contribution in [0.5, 0.6) is 0 Å². The van der Waals surface area contributed by atoms with Gasteiger partial charge in [-0.2, -0.15) is 0 Å².